The van der Waals surface area contributed by atoms with Crippen LogP contribution in [-0.2, 0) is 0 Å². The minimum Gasteiger partial charge on any atom is -0.497 e. The minimum absolute atomic E-state index is 0.0629. The van der Waals surface area contributed by atoms with E-state index < -0.39 is 45.6 Å². The van der Waals surface area contributed by atoms with Gasteiger partial charge in [-0.15, -0.1) is 0 Å². The smallest absolute Gasteiger partial charge is 0.200 e. The fourth-order valence-corrected chi connectivity index (χ4v) is 6.07. The van der Waals surface area contributed by atoms with Crippen molar-refractivity contribution in [3.63, 3.8) is 0 Å². The van der Waals surface area contributed by atoms with Crippen LogP contribution >= 0.6 is 23.5 Å². The predicted octanol–water partition coefficient (Wildman–Crippen LogP) is 9.73. The second-order valence-electron chi connectivity index (χ2n) is 8.80. The number of rotatable bonds is 8. The molecule has 5 rings (SSSR count). The van der Waals surface area contributed by atoms with E-state index in [4.69, 9.17) is 4.74 Å². The Balaban J connectivity index is 1.48. The standard InChI is InChI=1S/C32H18F6O2S2/c1-40-19-12-15-23(42-32-29(37)27(35)26(34)28(36)30(32)38)21(16-19)17-10-13-20(14-11-17)41-24-9-5-8-22(33)25(24)31(39)18-6-3-2-4-7-18/h2-16H,1H3. The van der Waals surface area contributed by atoms with E-state index in [0.717, 1.165) is 0 Å². The maximum atomic E-state index is 14.8. The molecule has 0 spiro atoms. The van der Waals surface area contributed by atoms with Gasteiger partial charge in [-0.05, 0) is 53.6 Å². The lowest BCUT2D eigenvalue weighted by atomic mass is 10.0. The van der Waals surface area contributed by atoms with Gasteiger partial charge in [-0.25, -0.2) is 26.3 Å². The van der Waals surface area contributed by atoms with Gasteiger partial charge in [-0.2, -0.15) is 0 Å². The Morgan fingerprint density at radius 1 is 0.643 bits per heavy atom. The lowest BCUT2D eigenvalue weighted by Crippen LogP contribution is -2.06. The van der Waals surface area contributed by atoms with E-state index >= 15 is 0 Å². The van der Waals surface area contributed by atoms with Crippen molar-refractivity contribution >= 4 is 29.3 Å². The van der Waals surface area contributed by atoms with Crippen molar-refractivity contribution in [2.75, 3.05) is 7.11 Å². The number of halogens is 6. The summed E-state index contributed by atoms with van der Waals surface area (Å²) in [7, 11) is 1.42. The van der Waals surface area contributed by atoms with Gasteiger partial charge < -0.3 is 4.74 Å². The molecule has 0 atom stereocenters. The highest BCUT2D eigenvalue weighted by atomic mass is 32.2. The average molecular weight is 613 g/mol. The van der Waals surface area contributed by atoms with Gasteiger partial charge in [0.25, 0.3) is 0 Å². The molecule has 0 radical (unpaired) electrons. The van der Waals surface area contributed by atoms with Crippen LogP contribution in [0.5, 0.6) is 5.75 Å². The first-order valence-corrected chi connectivity index (χ1v) is 13.9. The molecule has 0 fully saturated rings. The maximum absolute atomic E-state index is 14.8. The largest absolute Gasteiger partial charge is 0.497 e. The summed E-state index contributed by atoms with van der Waals surface area (Å²) in [6.45, 7) is 0. The molecule has 0 aliphatic heterocycles. The zero-order chi connectivity index (χ0) is 30.0. The zero-order valence-electron chi connectivity index (χ0n) is 21.6. The SMILES string of the molecule is COc1ccc(Sc2c(F)c(F)c(F)c(F)c2F)c(-c2ccc(Sc3cccc(F)c3C(=O)c3ccccc3)cc2)c1. The van der Waals surface area contributed by atoms with Gasteiger partial charge in [0, 0.05) is 20.2 Å². The van der Waals surface area contributed by atoms with E-state index in [-0.39, 0.29) is 10.5 Å². The highest BCUT2D eigenvalue weighted by Gasteiger charge is 2.27. The molecular weight excluding hydrogens is 594 g/mol. The third-order valence-corrected chi connectivity index (χ3v) is 8.41. The van der Waals surface area contributed by atoms with Crippen LogP contribution < -0.4 is 4.74 Å². The Morgan fingerprint density at radius 3 is 1.93 bits per heavy atom. The van der Waals surface area contributed by atoms with Gasteiger partial charge in [0.05, 0.1) is 17.6 Å². The quantitative estimate of drug-likeness (QED) is 0.0755. The van der Waals surface area contributed by atoms with Crippen molar-refractivity contribution in [2.24, 2.45) is 0 Å². The Hall–Kier alpha value is -4.15. The summed E-state index contributed by atoms with van der Waals surface area (Å²) in [5.74, 6) is -10.9. The molecule has 5 aromatic rings. The zero-order valence-corrected chi connectivity index (χ0v) is 23.2. The van der Waals surface area contributed by atoms with Gasteiger partial charge in [0.15, 0.2) is 29.1 Å². The topological polar surface area (TPSA) is 26.3 Å². The van der Waals surface area contributed by atoms with Crippen LogP contribution in [0.25, 0.3) is 11.1 Å². The molecule has 0 saturated carbocycles. The molecule has 212 valence electrons. The molecule has 0 bridgehead atoms. The molecule has 0 saturated heterocycles. The van der Waals surface area contributed by atoms with Crippen molar-refractivity contribution in [2.45, 2.75) is 19.6 Å². The lowest BCUT2D eigenvalue weighted by Gasteiger charge is -2.14. The van der Waals surface area contributed by atoms with Crippen LogP contribution in [0.15, 0.2) is 111 Å². The number of carbonyl (C=O) groups excluding carboxylic acids is 1. The minimum atomic E-state index is -2.23. The van der Waals surface area contributed by atoms with E-state index in [1.54, 1.807) is 66.7 Å². The van der Waals surface area contributed by atoms with Crippen LogP contribution in [0.3, 0.4) is 0 Å². The van der Waals surface area contributed by atoms with E-state index in [1.165, 1.54) is 43.1 Å². The average Bonchev–Trinajstić information content (AvgIpc) is 3.02. The number of benzene rings is 5. The molecule has 5 aromatic carbocycles. The molecule has 0 unspecified atom stereocenters. The Labute approximate surface area is 245 Å². The highest BCUT2D eigenvalue weighted by molar-refractivity contribution is 7.99. The molecule has 0 N–H and O–H groups in total. The van der Waals surface area contributed by atoms with Crippen molar-refractivity contribution < 1.29 is 35.9 Å². The summed E-state index contributed by atoms with van der Waals surface area (Å²) in [5.41, 5.74) is 1.23. The first kappa shape index (κ1) is 29.3. The van der Waals surface area contributed by atoms with E-state index in [2.05, 4.69) is 0 Å². The van der Waals surface area contributed by atoms with Gasteiger partial charge in [0.1, 0.15) is 11.6 Å². The van der Waals surface area contributed by atoms with Crippen molar-refractivity contribution in [1.82, 2.24) is 0 Å². The lowest BCUT2D eigenvalue weighted by molar-refractivity contribution is 0.103. The predicted molar refractivity (Wildman–Crippen MR) is 149 cm³/mol. The number of hydrogen-bond donors (Lipinski definition) is 0. The summed E-state index contributed by atoms with van der Waals surface area (Å²) in [6.07, 6.45) is 0. The molecule has 0 heterocycles. The first-order valence-electron chi connectivity index (χ1n) is 12.2. The fourth-order valence-electron chi connectivity index (χ4n) is 4.11. The normalized spacial score (nSPS) is 11.0. The Kier molecular flexibility index (Phi) is 8.65. The number of ketones is 1. The van der Waals surface area contributed by atoms with Crippen molar-refractivity contribution in [3.05, 3.63) is 137 Å². The third-order valence-electron chi connectivity index (χ3n) is 6.20. The van der Waals surface area contributed by atoms with Crippen LogP contribution in [0.4, 0.5) is 26.3 Å². The molecular formula is C32H18F6O2S2. The first-order chi connectivity index (χ1) is 20.2. The molecule has 0 aliphatic rings. The fraction of sp³-hybridized carbons (Fsp3) is 0.0312. The number of ether oxygens (including phenoxy) is 1. The van der Waals surface area contributed by atoms with Gasteiger partial charge in [0.2, 0.25) is 5.82 Å². The number of methoxy groups -OCH3 is 1. The number of hydrogen-bond acceptors (Lipinski definition) is 4. The summed E-state index contributed by atoms with van der Waals surface area (Å²) in [5, 5.41) is 0. The summed E-state index contributed by atoms with van der Waals surface area (Å²) < 4.78 is 90.2. The van der Waals surface area contributed by atoms with Crippen molar-refractivity contribution in [3.8, 4) is 16.9 Å². The van der Waals surface area contributed by atoms with Crippen LogP contribution in [-0.4, -0.2) is 12.9 Å². The molecule has 10 heteroatoms. The monoisotopic (exact) mass is 612 g/mol. The summed E-state index contributed by atoms with van der Waals surface area (Å²) in [4.78, 5) is 13.3. The second kappa shape index (κ2) is 12.4. The van der Waals surface area contributed by atoms with Gasteiger partial charge >= 0.3 is 0 Å². The summed E-state index contributed by atoms with van der Waals surface area (Å²) >= 11 is 1.56. The van der Waals surface area contributed by atoms with Gasteiger partial charge in [-0.3, -0.25) is 4.79 Å². The molecule has 0 aliphatic carbocycles. The Bertz CT molecular complexity index is 1770. The van der Waals surface area contributed by atoms with Crippen molar-refractivity contribution in [1.29, 1.82) is 0 Å². The van der Waals surface area contributed by atoms with E-state index in [1.807, 2.05) is 0 Å². The molecule has 0 amide bonds. The summed E-state index contributed by atoms with van der Waals surface area (Å²) in [6, 6.07) is 24.0. The molecule has 0 aromatic heterocycles. The van der Waals surface area contributed by atoms with Crippen LogP contribution in [0, 0.1) is 34.9 Å². The Morgan fingerprint density at radius 2 is 1.29 bits per heavy atom. The highest BCUT2D eigenvalue weighted by Crippen LogP contribution is 2.42. The van der Waals surface area contributed by atoms with Crippen LogP contribution in [0.1, 0.15) is 15.9 Å². The molecule has 42 heavy (non-hydrogen) atoms. The number of carbonyl (C=O) groups is 1. The maximum Gasteiger partial charge on any atom is 0.200 e. The van der Waals surface area contributed by atoms with Gasteiger partial charge in [-0.1, -0.05) is 72.1 Å². The van der Waals surface area contributed by atoms with E-state index in [0.29, 0.717) is 44.0 Å². The van der Waals surface area contributed by atoms with Crippen LogP contribution in [0.2, 0.25) is 0 Å². The third kappa shape index (κ3) is 5.77. The van der Waals surface area contributed by atoms with E-state index in [9.17, 15) is 31.1 Å². The molecule has 2 nitrogen and oxygen atoms in total. The second-order valence-corrected chi connectivity index (χ2v) is 11.0.